The molecular weight excluding hydrogens is 394 g/mol. The van der Waals surface area contributed by atoms with Crippen molar-refractivity contribution < 1.29 is 4.79 Å². The normalized spacial score (nSPS) is 11.2. The van der Waals surface area contributed by atoms with E-state index in [1.807, 2.05) is 68.4 Å². The highest BCUT2D eigenvalue weighted by Crippen LogP contribution is 2.31. The van der Waals surface area contributed by atoms with Gasteiger partial charge in [0.2, 0.25) is 5.91 Å². The Balaban J connectivity index is 1.80. The van der Waals surface area contributed by atoms with Gasteiger partial charge in [0.05, 0.1) is 11.4 Å². The summed E-state index contributed by atoms with van der Waals surface area (Å²) in [5.74, 6) is 0.0428. The third-order valence-electron chi connectivity index (χ3n) is 4.99. The molecule has 2 aromatic heterocycles. The fourth-order valence-corrected chi connectivity index (χ4v) is 3.88. The minimum atomic E-state index is 0.0428. The molecule has 0 aliphatic heterocycles. The smallest absolute Gasteiger partial charge is 0.220 e. The summed E-state index contributed by atoms with van der Waals surface area (Å²) in [6.07, 6.45) is 3.06. The summed E-state index contributed by atoms with van der Waals surface area (Å²) in [6, 6.07) is 22.1. The molecule has 152 valence electrons. The summed E-state index contributed by atoms with van der Waals surface area (Å²) in [7, 11) is 0. The van der Waals surface area contributed by atoms with Crippen molar-refractivity contribution in [2.24, 2.45) is 0 Å². The largest absolute Gasteiger partial charge is 0.354 e. The third kappa shape index (κ3) is 4.24. The molecule has 0 saturated carbocycles. The zero-order chi connectivity index (χ0) is 21.1. The first-order valence-corrected chi connectivity index (χ1v) is 10.5. The molecule has 30 heavy (non-hydrogen) atoms. The number of benzene rings is 2. The number of halogens is 1. The van der Waals surface area contributed by atoms with Crippen LogP contribution in [0.15, 0.2) is 72.9 Å². The van der Waals surface area contributed by atoms with Gasteiger partial charge in [-0.05, 0) is 44.0 Å². The average Bonchev–Trinajstić information content (AvgIpc) is 3.10. The third-order valence-corrected chi connectivity index (χ3v) is 5.32. The van der Waals surface area contributed by atoms with Crippen LogP contribution in [-0.2, 0) is 11.2 Å². The molecule has 0 atom stereocenters. The van der Waals surface area contributed by atoms with Crippen LogP contribution in [0.25, 0.3) is 28.0 Å². The van der Waals surface area contributed by atoms with Gasteiger partial charge in [0.15, 0.2) is 0 Å². The topological polar surface area (TPSA) is 46.4 Å². The van der Waals surface area contributed by atoms with E-state index in [1.165, 1.54) is 0 Å². The highest BCUT2D eigenvalue weighted by molar-refractivity contribution is 6.33. The van der Waals surface area contributed by atoms with Gasteiger partial charge in [-0.15, -0.1) is 0 Å². The van der Waals surface area contributed by atoms with Crippen molar-refractivity contribution in [2.75, 3.05) is 0 Å². The van der Waals surface area contributed by atoms with Gasteiger partial charge in [0, 0.05) is 34.8 Å². The molecule has 0 spiro atoms. The number of rotatable bonds is 6. The average molecular weight is 418 g/mol. The summed E-state index contributed by atoms with van der Waals surface area (Å²) in [4.78, 5) is 17.2. The lowest BCUT2D eigenvalue weighted by atomic mass is 10.1. The number of nitrogens with zero attached hydrogens (tertiary/aromatic N) is 2. The van der Waals surface area contributed by atoms with E-state index < -0.39 is 0 Å². The van der Waals surface area contributed by atoms with Gasteiger partial charge in [0.25, 0.3) is 0 Å². The molecule has 0 unspecified atom stereocenters. The molecule has 4 nitrogen and oxygen atoms in total. The van der Waals surface area contributed by atoms with Gasteiger partial charge in [-0.1, -0.05) is 60.1 Å². The SMILES string of the molecule is CC(C)NC(=O)CCc1c(-c2ccccc2)nc2ccc(-c3ccccc3Cl)cn12. The molecular formula is C25H24ClN3O. The predicted octanol–water partition coefficient (Wildman–Crippen LogP) is 5.78. The Bertz CT molecular complexity index is 1180. The number of aryl methyl sites for hydroxylation is 1. The fraction of sp³-hybridized carbons (Fsp3) is 0.200. The Morgan fingerprint density at radius 2 is 1.73 bits per heavy atom. The lowest BCUT2D eigenvalue weighted by Crippen LogP contribution is -2.30. The van der Waals surface area contributed by atoms with Crippen molar-refractivity contribution in [3.63, 3.8) is 0 Å². The molecule has 5 heteroatoms. The number of hydrogen-bond donors (Lipinski definition) is 1. The van der Waals surface area contributed by atoms with E-state index in [0.29, 0.717) is 17.9 Å². The minimum absolute atomic E-state index is 0.0428. The van der Waals surface area contributed by atoms with E-state index in [0.717, 1.165) is 33.7 Å². The zero-order valence-electron chi connectivity index (χ0n) is 17.1. The number of pyridine rings is 1. The van der Waals surface area contributed by atoms with Crippen molar-refractivity contribution in [3.8, 4) is 22.4 Å². The summed E-state index contributed by atoms with van der Waals surface area (Å²) < 4.78 is 2.09. The predicted molar refractivity (Wildman–Crippen MR) is 123 cm³/mol. The number of imidazole rings is 1. The second kappa shape index (κ2) is 8.72. The zero-order valence-corrected chi connectivity index (χ0v) is 17.9. The van der Waals surface area contributed by atoms with Crippen molar-refractivity contribution in [1.82, 2.24) is 14.7 Å². The molecule has 1 amide bonds. The Hall–Kier alpha value is -3.11. The molecule has 0 radical (unpaired) electrons. The van der Waals surface area contributed by atoms with Crippen LogP contribution in [0.1, 0.15) is 26.0 Å². The summed E-state index contributed by atoms with van der Waals surface area (Å²) >= 11 is 6.42. The highest BCUT2D eigenvalue weighted by atomic mass is 35.5. The van der Waals surface area contributed by atoms with Gasteiger partial charge >= 0.3 is 0 Å². The standard InChI is InChI=1S/C25H24ClN3O/c1-17(2)27-24(30)15-13-22-25(18-8-4-3-5-9-18)28-23-14-12-19(16-29(22)23)20-10-6-7-11-21(20)26/h3-12,14,16-17H,13,15H2,1-2H3,(H,27,30). The number of hydrogen-bond acceptors (Lipinski definition) is 2. The van der Waals surface area contributed by atoms with Gasteiger partial charge in [-0.25, -0.2) is 4.98 Å². The molecule has 4 rings (SSSR count). The number of aromatic nitrogens is 2. The van der Waals surface area contributed by atoms with E-state index in [4.69, 9.17) is 16.6 Å². The van der Waals surface area contributed by atoms with Crippen LogP contribution >= 0.6 is 11.6 Å². The first-order valence-electron chi connectivity index (χ1n) is 10.1. The molecule has 0 bridgehead atoms. The van der Waals surface area contributed by atoms with E-state index in [1.54, 1.807) is 0 Å². The van der Waals surface area contributed by atoms with Gasteiger partial charge in [0.1, 0.15) is 5.65 Å². The first-order chi connectivity index (χ1) is 14.5. The van der Waals surface area contributed by atoms with Crippen LogP contribution in [0.3, 0.4) is 0 Å². The van der Waals surface area contributed by atoms with Crippen molar-refractivity contribution in [2.45, 2.75) is 32.7 Å². The molecule has 0 aliphatic carbocycles. The second-order valence-corrected chi connectivity index (χ2v) is 8.03. The maximum Gasteiger partial charge on any atom is 0.220 e. The molecule has 1 N–H and O–H groups in total. The van der Waals surface area contributed by atoms with E-state index >= 15 is 0 Å². The summed E-state index contributed by atoms with van der Waals surface area (Å²) in [5.41, 5.74) is 5.80. The number of carbonyl (C=O) groups excluding carboxylic acids is 1. The Morgan fingerprint density at radius 3 is 2.47 bits per heavy atom. The maximum atomic E-state index is 12.3. The van der Waals surface area contributed by atoms with Crippen molar-refractivity contribution in [1.29, 1.82) is 0 Å². The monoisotopic (exact) mass is 417 g/mol. The number of carbonyl (C=O) groups is 1. The molecule has 2 aromatic carbocycles. The van der Waals surface area contributed by atoms with Crippen LogP contribution in [-0.4, -0.2) is 21.3 Å². The van der Waals surface area contributed by atoms with Crippen LogP contribution in [0, 0.1) is 0 Å². The van der Waals surface area contributed by atoms with Crippen LogP contribution in [0.2, 0.25) is 5.02 Å². The van der Waals surface area contributed by atoms with Gasteiger partial charge < -0.3 is 9.72 Å². The summed E-state index contributed by atoms with van der Waals surface area (Å²) in [6.45, 7) is 3.94. The van der Waals surface area contributed by atoms with E-state index in [9.17, 15) is 4.79 Å². The van der Waals surface area contributed by atoms with E-state index in [2.05, 4.69) is 28.0 Å². The molecule has 0 saturated heterocycles. The Labute approximate surface area is 181 Å². The molecule has 0 aliphatic rings. The van der Waals surface area contributed by atoms with Gasteiger partial charge in [-0.3, -0.25) is 4.79 Å². The number of amides is 1. The Kier molecular flexibility index (Phi) is 5.86. The Morgan fingerprint density at radius 1 is 1.00 bits per heavy atom. The molecule has 0 fully saturated rings. The first kappa shape index (κ1) is 20.2. The lowest BCUT2D eigenvalue weighted by Gasteiger charge is -2.10. The fourth-order valence-electron chi connectivity index (χ4n) is 3.64. The highest BCUT2D eigenvalue weighted by Gasteiger charge is 2.16. The van der Waals surface area contributed by atoms with E-state index in [-0.39, 0.29) is 11.9 Å². The number of nitrogens with one attached hydrogen (secondary N) is 1. The quantitative estimate of drug-likeness (QED) is 0.432. The lowest BCUT2D eigenvalue weighted by molar-refractivity contribution is -0.121. The van der Waals surface area contributed by atoms with Crippen molar-refractivity contribution in [3.05, 3.63) is 83.6 Å². The van der Waals surface area contributed by atoms with Crippen LogP contribution < -0.4 is 5.32 Å². The van der Waals surface area contributed by atoms with Gasteiger partial charge in [-0.2, -0.15) is 0 Å². The van der Waals surface area contributed by atoms with Crippen LogP contribution in [0.4, 0.5) is 0 Å². The number of fused-ring (bicyclic) bond motifs is 1. The molecule has 2 heterocycles. The van der Waals surface area contributed by atoms with Crippen molar-refractivity contribution >= 4 is 23.2 Å². The summed E-state index contributed by atoms with van der Waals surface area (Å²) in [5, 5.41) is 3.68. The van der Waals surface area contributed by atoms with Crippen LogP contribution in [0.5, 0.6) is 0 Å². The maximum absolute atomic E-state index is 12.3. The minimum Gasteiger partial charge on any atom is -0.354 e. The molecule has 4 aromatic rings. The second-order valence-electron chi connectivity index (χ2n) is 7.62.